The van der Waals surface area contributed by atoms with Crippen LogP contribution in [0.15, 0.2) is 30.0 Å². The second-order valence-corrected chi connectivity index (χ2v) is 4.72. The SMILES string of the molecule is COCC1=CCN(c2ccc([C@H](C)N)nc2)CC1. The van der Waals surface area contributed by atoms with Crippen molar-refractivity contribution in [2.45, 2.75) is 19.4 Å². The molecule has 4 heteroatoms. The average molecular weight is 247 g/mol. The van der Waals surface area contributed by atoms with Crippen molar-refractivity contribution in [3.63, 3.8) is 0 Å². The maximum absolute atomic E-state index is 5.79. The van der Waals surface area contributed by atoms with Crippen molar-refractivity contribution in [3.05, 3.63) is 35.7 Å². The normalized spacial score (nSPS) is 17.5. The standard InChI is InChI=1S/C14H21N3O/c1-11(15)14-4-3-13(9-16-14)17-7-5-12(6-8-17)10-18-2/h3-5,9,11H,6-8,10,15H2,1-2H3/t11-/m0/s1. The first-order valence-electron chi connectivity index (χ1n) is 6.34. The van der Waals surface area contributed by atoms with Crippen molar-refractivity contribution in [2.75, 3.05) is 31.7 Å². The van der Waals surface area contributed by atoms with Crippen LogP contribution in [0.1, 0.15) is 25.1 Å². The summed E-state index contributed by atoms with van der Waals surface area (Å²) in [5.41, 5.74) is 9.27. The highest BCUT2D eigenvalue weighted by molar-refractivity contribution is 5.46. The fourth-order valence-corrected chi connectivity index (χ4v) is 2.12. The molecule has 2 rings (SSSR count). The van der Waals surface area contributed by atoms with Crippen molar-refractivity contribution in [1.82, 2.24) is 4.98 Å². The molecule has 4 nitrogen and oxygen atoms in total. The highest BCUT2D eigenvalue weighted by Gasteiger charge is 2.12. The molecule has 0 saturated carbocycles. The molecule has 0 fully saturated rings. The van der Waals surface area contributed by atoms with Gasteiger partial charge >= 0.3 is 0 Å². The van der Waals surface area contributed by atoms with Crippen LogP contribution >= 0.6 is 0 Å². The zero-order valence-corrected chi connectivity index (χ0v) is 11.1. The van der Waals surface area contributed by atoms with Gasteiger partial charge in [0.15, 0.2) is 0 Å². The van der Waals surface area contributed by atoms with E-state index in [-0.39, 0.29) is 6.04 Å². The van der Waals surface area contributed by atoms with Crippen molar-refractivity contribution >= 4 is 5.69 Å². The van der Waals surface area contributed by atoms with Crippen LogP contribution in [0.3, 0.4) is 0 Å². The van der Waals surface area contributed by atoms with Gasteiger partial charge in [-0.2, -0.15) is 0 Å². The molecule has 0 bridgehead atoms. The first kappa shape index (κ1) is 13.1. The molecule has 2 heterocycles. The number of hydrogen-bond donors (Lipinski definition) is 1. The number of nitrogens with two attached hydrogens (primary N) is 1. The van der Waals surface area contributed by atoms with E-state index in [9.17, 15) is 0 Å². The lowest BCUT2D eigenvalue weighted by Gasteiger charge is -2.28. The van der Waals surface area contributed by atoms with E-state index in [0.717, 1.165) is 37.5 Å². The second kappa shape index (κ2) is 5.98. The van der Waals surface area contributed by atoms with Crippen LogP contribution in [-0.2, 0) is 4.74 Å². The number of pyridine rings is 1. The van der Waals surface area contributed by atoms with Gasteiger partial charge in [0.1, 0.15) is 0 Å². The Bertz CT molecular complexity index is 412. The van der Waals surface area contributed by atoms with Crippen LogP contribution in [0.25, 0.3) is 0 Å². The molecule has 18 heavy (non-hydrogen) atoms. The van der Waals surface area contributed by atoms with Crippen LogP contribution in [-0.4, -0.2) is 31.8 Å². The minimum Gasteiger partial charge on any atom is -0.380 e. The van der Waals surface area contributed by atoms with Crippen molar-refractivity contribution in [2.24, 2.45) is 5.73 Å². The summed E-state index contributed by atoms with van der Waals surface area (Å²) in [5, 5.41) is 0. The summed E-state index contributed by atoms with van der Waals surface area (Å²) in [6.07, 6.45) is 5.21. The van der Waals surface area contributed by atoms with E-state index in [2.05, 4.69) is 22.0 Å². The monoisotopic (exact) mass is 247 g/mol. The van der Waals surface area contributed by atoms with Gasteiger partial charge in [-0.3, -0.25) is 4.98 Å². The lowest BCUT2D eigenvalue weighted by atomic mass is 10.1. The van der Waals surface area contributed by atoms with Crippen molar-refractivity contribution < 1.29 is 4.74 Å². The first-order valence-corrected chi connectivity index (χ1v) is 6.34. The third kappa shape index (κ3) is 3.09. The Hall–Kier alpha value is -1.39. The molecular weight excluding hydrogens is 226 g/mol. The molecule has 0 radical (unpaired) electrons. The van der Waals surface area contributed by atoms with Crippen LogP contribution < -0.4 is 10.6 Å². The topological polar surface area (TPSA) is 51.4 Å². The number of ether oxygens (including phenoxy) is 1. The summed E-state index contributed by atoms with van der Waals surface area (Å²) in [5.74, 6) is 0. The molecule has 0 amide bonds. The Kier molecular flexibility index (Phi) is 4.33. The highest BCUT2D eigenvalue weighted by Crippen LogP contribution is 2.20. The molecule has 0 aliphatic carbocycles. The zero-order valence-electron chi connectivity index (χ0n) is 11.1. The molecule has 1 atom stereocenters. The van der Waals surface area contributed by atoms with Crippen molar-refractivity contribution in [1.29, 1.82) is 0 Å². The fourth-order valence-electron chi connectivity index (χ4n) is 2.12. The summed E-state index contributed by atoms with van der Waals surface area (Å²) in [6.45, 7) is 4.64. The summed E-state index contributed by atoms with van der Waals surface area (Å²) >= 11 is 0. The molecule has 98 valence electrons. The van der Waals surface area contributed by atoms with Gasteiger partial charge in [-0.1, -0.05) is 6.08 Å². The van der Waals surface area contributed by atoms with Gasteiger partial charge in [-0.25, -0.2) is 0 Å². The van der Waals surface area contributed by atoms with Gasteiger partial charge in [0, 0.05) is 26.2 Å². The number of nitrogens with zero attached hydrogens (tertiary/aromatic N) is 2. The molecule has 1 aliphatic rings. The summed E-state index contributed by atoms with van der Waals surface area (Å²) in [6, 6.07) is 4.10. The Morgan fingerprint density at radius 2 is 2.33 bits per heavy atom. The Morgan fingerprint density at radius 3 is 2.83 bits per heavy atom. The predicted molar refractivity (Wildman–Crippen MR) is 73.6 cm³/mol. The van der Waals surface area contributed by atoms with Crippen LogP contribution in [0.2, 0.25) is 0 Å². The number of methoxy groups -OCH3 is 1. The summed E-state index contributed by atoms with van der Waals surface area (Å²) in [4.78, 5) is 6.71. The lowest BCUT2D eigenvalue weighted by Crippen LogP contribution is -2.29. The third-order valence-electron chi connectivity index (χ3n) is 3.24. The van der Waals surface area contributed by atoms with Gasteiger partial charge in [0.2, 0.25) is 0 Å². The Labute approximate surface area is 108 Å². The van der Waals surface area contributed by atoms with Crippen LogP contribution in [0, 0.1) is 0 Å². The predicted octanol–water partition coefficient (Wildman–Crippen LogP) is 1.88. The zero-order chi connectivity index (χ0) is 13.0. The number of hydrogen-bond acceptors (Lipinski definition) is 4. The van der Waals surface area contributed by atoms with Gasteiger partial charge in [-0.15, -0.1) is 0 Å². The number of aromatic nitrogens is 1. The maximum atomic E-state index is 5.79. The molecule has 1 aliphatic heterocycles. The number of rotatable bonds is 4. The fraction of sp³-hybridized carbons (Fsp3) is 0.500. The minimum absolute atomic E-state index is 0.00592. The molecule has 1 aromatic heterocycles. The van der Waals surface area contributed by atoms with Gasteiger partial charge in [0.25, 0.3) is 0 Å². The van der Waals surface area contributed by atoms with E-state index in [0.29, 0.717) is 0 Å². The summed E-state index contributed by atoms with van der Waals surface area (Å²) in [7, 11) is 1.74. The quantitative estimate of drug-likeness (QED) is 0.825. The molecular formula is C14H21N3O. The van der Waals surface area contributed by atoms with Crippen molar-refractivity contribution in [3.8, 4) is 0 Å². The Balaban J connectivity index is 2.01. The molecule has 0 saturated heterocycles. The second-order valence-electron chi connectivity index (χ2n) is 4.72. The third-order valence-corrected chi connectivity index (χ3v) is 3.24. The van der Waals surface area contributed by atoms with E-state index in [4.69, 9.17) is 10.5 Å². The Morgan fingerprint density at radius 1 is 1.50 bits per heavy atom. The largest absolute Gasteiger partial charge is 0.380 e. The lowest BCUT2D eigenvalue weighted by molar-refractivity contribution is 0.222. The first-order chi connectivity index (χ1) is 8.70. The summed E-state index contributed by atoms with van der Waals surface area (Å²) < 4.78 is 5.15. The smallest absolute Gasteiger partial charge is 0.0674 e. The molecule has 0 unspecified atom stereocenters. The maximum Gasteiger partial charge on any atom is 0.0674 e. The minimum atomic E-state index is -0.00592. The molecule has 2 N–H and O–H groups in total. The van der Waals surface area contributed by atoms with Crippen LogP contribution in [0.5, 0.6) is 0 Å². The van der Waals surface area contributed by atoms with E-state index >= 15 is 0 Å². The van der Waals surface area contributed by atoms with Gasteiger partial charge < -0.3 is 15.4 Å². The molecule has 0 spiro atoms. The van der Waals surface area contributed by atoms with Crippen LogP contribution in [0.4, 0.5) is 5.69 Å². The van der Waals surface area contributed by atoms with Gasteiger partial charge in [-0.05, 0) is 31.1 Å². The van der Waals surface area contributed by atoms with E-state index in [1.54, 1.807) is 7.11 Å². The highest BCUT2D eigenvalue weighted by atomic mass is 16.5. The average Bonchev–Trinajstić information content (AvgIpc) is 2.40. The van der Waals surface area contributed by atoms with E-state index in [1.807, 2.05) is 19.2 Å². The molecule has 0 aromatic carbocycles. The van der Waals surface area contributed by atoms with E-state index < -0.39 is 0 Å². The van der Waals surface area contributed by atoms with E-state index in [1.165, 1.54) is 5.57 Å². The number of anilines is 1. The molecule has 1 aromatic rings. The van der Waals surface area contributed by atoms with Gasteiger partial charge in [0.05, 0.1) is 24.2 Å².